The van der Waals surface area contributed by atoms with Crippen LogP contribution in [0.25, 0.3) is 0 Å². The van der Waals surface area contributed by atoms with Gasteiger partial charge in [-0.2, -0.15) is 0 Å². The third-order valence-corrected chi connectivity index (χ3v) is 1.61. The predicted molar refractivity (Wildman–Crippen MR) is 60.0 cm³/mol. The summed E-state index contributed by atoms with van der Waals surface area (Å²) >= 11 is 0. The molecule has 0 fully saturated rings. The van der Waals surface area contributed by atoms with Gasteiger partial charge < -0.3 is 16.2 Å². The van der Waals surface area contributed by atoms with Crippen molar-refractivity contribution in [3.8, 4) is 0 Å². The summed E-state index contributed by atoms with van der Waals surface area (Å²) in [7, 11) is 0. The van der Waals surface area contributed by atoms with Crippen LogP contribution in [-0.4, -0.2) is 17.7 Å². The molecule has 0 radical (unpaired) electrons. The van der Waals surface area contributed by atoms with Gasteiger partial charge in [-0.3, -0.25) is 5.41 Å². The van der Waals surface area contributed by atoms with Gasteiger partial charge in [0.2, 0.25) is 0 Å². The molecule has 0 bridgehead atoms. The van der Waals surface area contributed by atoms with E-state index in [0.29, 0.717) is 6.42 Å². The molecule has 0 unspecified atom stereocenters. The first-order valence-corrected chi connectivity index (χ1v) is 4.03. The summed E-state index contributed by atoms with van der Waals surface area (Å²) in [4.78, 5) is 0. The van der Waals surface area contributed by atoms with Crippen LogP contribution >= 0.6 is 12.4 Å². The summed E-state index contributed by atoms with van der Waals surface area (Å²) in [6.45, 7) is 0.128. The number of aliphatic hydroxyl groups excluding tert-OH is 1. The lowest BCUT2D eigenvalue weighted by atomic mass is 10.1. The van der Waals surface area contributed by atoms with Crippen molar-refractivity contribution in [2.24, 2.45) is 5.73 Å². The van der Waals surface area contributed by atoms with E-state index < -0.39 is 0 Å². The van der Waals surface area contributed by atoms with Crippen LogP contribution in [0.4, 0.5) is 5.69 Å². The van der Waals surface area contributed by atoms with Crippen molar-refractivity contribution in [3.05, 3.63) is 29.8 Å². The fourth-order valence-electron chi connectivity index (χ4n) is 1.09. The molecule has 14 heavy (non-hydrogen) atoms. The van der Waals surface area contributed by atoms with E-state index >= 15 is 0 Å². The summed E-state index contributed by atoms with van der Waals surface area (Å²) in [6, 6.07) is 7.46. The minimum atomic E-state index is -0.0823. The molecule has 4 nitrogen and oxygen atoms in total. The molecule has 0 spiro atoms. The third kappa shape index (κ3) is 4.11. The quantitative estimate of drug-likeness (QED) is 0.448. The average molecular weight is 216 g/mol. The number of nitrogens with one attached hydrogen (secondary N) is 2. The van der Waals surface area contributed by atoms with E-state index in [2.05, 4.69) is 5.32 Å². The molecule has 1 rings (SSSR count). The molecule has 1 aromatic rings. The first kappa shape index (κ1) is 12.7. The standard InChI is InChI=1S/C9H13N3O.ClH/c10-9(11)12-8-3-1-2-7(6-8)4-5-13;/h1-3,6,13H,4-5H2,(H4,10,11,12);1H. The number of guanidine groups is 1. The van der Waals surface area contributed by atoms with Crippen LogP contribution in [0.2, 0.25) is 0 Å². The monoisotopic (exact) mass is 215 g/mol. The molecule has 0 amide bonds. The Balaban J connectivity index is 0.00000169. The van der Waals surface area contributed by atoms with Gasteiger partial charge in [-0.25, -0.2) is 0 Å². The molecule has 5 N–H and O–H groups in total. The van der Waals surface area contributed by atoms with Crippen LogP contribution in [0.5, 0.6) is 0 Å². The lowest BCUT2D eigenvalue weighted by molar-refractivity contribution is 0.299. The zero-order valence-electron chi connectivity index (χ0n) is 7.66. The van der Waals surface area contributed by atoms with Crippen LogP contribution < -0.4 is 11.1 Å². The van der Waals surface area contributed by atoms with Gasteiger partial charge in [0.15, 0.2) is 5.96 Å². The van der Waals surface area contributed by atoms with Gasteiger partial charge >= 0.3 is 0 Å². The Bertz CT molecular complexity index is 304. The van der Waals surface area contributed by atoms with Gasteiger partial charge in [0.05, 0.1) is 0 Å². The Kier molecular flexibility index (Phi) is 5.67. The number of aliphatic hydroxyl groups is 1. The van der Waals surface area contributed by atoms with Gasteiger partial charge in [0, 0.05) is 12.3 Å². The van der Waals surface area contributed by atoms with E-state index in [-0.39, 0.29) is 25.0 Å². The smallest absolute Gasteiger partial charge is 0.190 e. The van der Waals surface area contributed by atoms with Crippen LogP contribution in [0, 0.1) is 5.41 Å². The van der Waals surface area contributed by atoms with Crippen molar-refractivity contribution in [1.82, 2.24) is 0 Å². The second-order valence-electron chi connectivity index (χ2n) is 2.71. The minimum absolute atomic E-state index is 0. The van der Waals surface area contributed by atoms with Gasteiger partial charge in [-0.1, -0.05) is 12.1 Å². The SMILES string of the molecule is Cl.N=C(N)Nc1cccc(CCO)c1. The van der Waals surface area contributed by atoms with E-state index in [0.717, 1.165) is 11.3 Å². The highest BCUT2D eigenvalue weighted by molar-refractivity contribution is 5.89. The molecule has 0 atom stereocenters. The van der Waals surface area contributed by atoms with Crippen LogP contribution in [0.1, 0.15) is 5.56 Å². The second kappa shape index (κ2) is 6.23. The number of anilines is 1. The van der Waals surface area contributed by atoms with Crippen molar-refractivity contribution in [2.45, 2.75) is 6.42 Å². The van der Waals surface area contributed by atoms with Crippen molar-refractivity contribution in [2.75, 3.05) is 11.9 Å². The van der Waals surface area contributed by atoms with E-state index in [1.54, 1.807) is 0 Å². The molecule has 0 aliphatic carbocycles. The predicted octanol–water partition coefficient (Wildman–Crippen LogP) is 0.949. The number of hydrogen-bond donors (Lipinski definition) is 4. The van der Waals surface area contributed by atoms with Gasteiger partial charge in [0.1, 0.15) is 0 Å². The highest BCUT2D eigenvalue weighted by Gasteiger charge is 1.95. The topological polar surface area (TPSA) is 82.1 Å². The zero-order valence-corrected chi connectivity index (χ0v) is 8.47. The van der Waals surface area contributed by atoms with Crippen LogP contribution in [0.3, 0.4) is 0 Å². The summed E-state index contributed by atoms with van der Waals surface area (Å²) < 4.78 is 0. The maximum atomic E-state index is 8.71. The Morgan fingerprint density at radius 3 is 2.79 bits per heavy atom. The molecule has 0 saturated heterocycles. The van der Waals surface area contributed by atoms with E-state index in [1.165, 1.54) is 0 Å². The lowest BCUT2D eigenvalue weighted by Gasteiger charge is -2.05. The molecule has 0 aromatic heterocycles. The second-order valence-corrected chi connectivity index (χ2v) is 2.71. The van der Waals surface area contributed by atoms with E-state index in [1.807, 2.05) is 24.3 Å². The first-order valence-electron chi connectivity index (χ1n) is 4.03. The summed E-state index contributed by atoms with van der Waals surface area (Å²) in [5, 5.41) is 18.4. The first-order chi connectivity index (χ1) is 6.22. The zero-order chi connectivity index (χ0) is 9.68. The maximum Gasteiger partial charge on any atom is 0.190 e. The number of hydrogen-bond acceptors (Lipinski definition) is 2. The van der Waals surface area contributed by atoms with Crippen molar-refractivity contribution < 1.29 is 5.11 Å². The Labute approximate surface area is 89.0 Å². The van der Waals surface area contributed by atoms with Crippen LogP contribution in [0.15, 0.2) is 24.3 Å². The molecule has 0 aliphatic rings. The maximum absolute atomic E-state index is 8.71. The van der Waals surface area contributed by atoms with Gasteiger partial charge in [0.25, 0.3) is 0 Å². The summed E-state index contributed by atoms with van der Waals surface area (Å²) in [5.74, 6) is -0.0823. The number of nitrogens with two attached hydrogens (primary N) is 1. The molecular weight excluding hydrogens is 202 g/mol. The molecule has 5 heteroatoms. The molecular formula is C9H14ClN3O. The fraction of sp³-hybridized carbons (Fsp3) is 0.222. The van der Waals surface area contributed by atoms with E-state index in [4.69, 9.17) is 16.2 Å². The molecule has 0 saturated carbocycles. The number of halogens is 1. The Hall–Kier alpha value is -1.26. The minimum Gasteiger partial charge on any atom is -0.396 e. The Morgan fingerprint density at radius 2 is 2.21 bits per heavy atom. The highest BCUT2D eigenvalue weighted by Crippen LogP contribution is 2.10. The van der Waals surface area contributed by atoms with Crippen molar-refractivity contribution in [3.63, 3.8) is 0 Å². The van der Waals surface area contributed by atoms with Crippen molar-refractivity contribution in [1.29, 1.82) is 5.41 Å². The number of rotatable bonds is 3. The van der Waals surface area contributed by atoms with Gasteiger partial charge in [-0.05, 0) is 24.1 Å². The lowest BCUT2D eigenvalue weighted by Crippen LogP contribution is -2.20. The summed E-state index contributed by atoms with van der Waals surface area (Å²) in [6.07, 6.45) is 0.618. The largest absolute Gasteiger partial charge is 0.396 e. The number of benzene rings is 1. The molecule has 0 heterocycles. The molecule has 0 aliphatic heterocycles. The van der Waals surface area contributed by atoms with E-state index in [9.17, 15) is 0 Å². The molecule has 1 aromatic carbocycles. The summed E-state index contributed by atoms with van der Waals surface area (Å²) in [5.41, 5.74) is 6.97. The van der Waals surface area contributed by atoms with Gasteiger partial charge in [-0.15, -0.1) is 12.4 Å². The average Bonchev–Trinajstić information content (AvgIpc) is 2.04. The Morgan fingerprint density at radius 1 is 1.50 bits per heavy atom. The van der Waals surface area contributed by atoms with Crippen LogP contribution in [-0.2, 0) is 6.42 Å². The third-order valence-electron chi connectivity index (χ3n) is 1.61. The highest BCUT2D eigenvalue weighted by atomic mass is 35.5. The molecule has 78 valence electrons. The fourth-order valence-corrected chi connectivity index (χ4v) is 1.09. The van der Waals surface area contributed by atoms with Crippen molar-refractivity contribution >= 4 is 24.1 Å². The normalized spacial score (nSPS) is 8.93.